The van der Waals surface area contributed by atoms with E-state index in [1.807, 2.05) is 6.79 Å². The van der Waals surface area contributed by atoms with E-state index >= 15 is 0 Å². The summed E-state index contributed by atoms with van der Waals surface area (Å²) in [5.74, 6) is -1.49. The maximum Gasteiger partial charge on any atom is 0.303 e. The van der Waals surface area contributed by atoms with Crippen molar-refractivity contribution in [1.29, 1.82) is 0 Å². The van der Waals surface area contributed by atoms with Gasteiger partial charge in [0.2, 0.25) is 0 Å². The molecule has 0 aromatic rings. The molecule has 0 heterocycles. The highest BCUT2D eigenvalue weighted by Crippen LogP contribution is 1.76. The summed E-state index contributed by atoms with van der Waals surface area (Å²) in [6, 6.07) is 0. The lowest BCUT2D eigenvalue weighted by atomic mass is 10.5. The molecule has 128 valence electrons. The molecule has 0 spiro atoms. The van der Waals surface area contributed by atoms with Crippen molar-refractivity contribution in [2.24, 2.45) is 0 Å². The van der Waals surface area contributed by atoms with E-state index in [0.717, 1.165) is 0 Å². The number of carbonyl (C=O) groups excluding carboxylic acids is 2. The zero-order valence-electron chi connectivity index (χ0n) is 11.9. The molecule has 0 aliphatic rings. The van der Waals surface area contributed by atoms with Crippen molar-refractivity contribution in [3.05, 3.63) is 0 Å². The van der Waals surface area contributed by atoms with Gasteiger partial charge in [-0.05, 0) is 6.42 Å². The molecule has 0 aromatic heterocycles. The van der Waals surface area contributed by atoms with Crippen LogP contribution in [0.4, 0.5) is 0 Å². The number of ether oxygens (including phenoxy) is 1. The lowest BCUT2D eigenvalue weighted by Gasteiger charge is -1.93. The smallest absolute Gasteiger partial charge is 0.303 e. The van der Waals surface area contributed by atoms with E-state index < -0.39 is 11.9 Å². The van der Waals surface area contributed by atoms with Gasteiger partial charge in [0.25, 0.3) is 0 Å². The zero-order valence-corrected chi connectivity index (χ0v) is 11.9. The summed E-state index contributed by atoms with van der Waals surface area (Å²) < 4.78 is 4.70. The molecular weight excluding hydrogens is 284 g/mol. The highest BCUT2D eigenvalue weighted by molar-refractivity contribution is 5.66. The average molecular weight is 312 g/mol. The fraction of sp³-hybridized carbons (Fsp3) is 0.692. The molecule has 3 N–H and O–H groups in total. The quantitative estimate of drug-likeness (QED) is 0.467. The van der Waals surface area contributed by atoms with Crippen molar-refractivity contribution in [3.63, 3.8) is 0 Å². The standard InChI is InChI=1S/C5H10O3.2C3H6O2.CH2O.CH4/c6-2-1-4-8-5-3-7;2*1-2-3(4)5;1-2;/h3,6H,1-2,4-5H2;2*2H2,1H3,(H,4,5);1H2;1H4. The molecule has 0 unspecified atom stereocenters. The number of aldehydes is 1. The average Bonchev–Trinajstić information content (AvgIpc) is 2.47. The Balaban J connectivity index is -0.0000000582. The van der Waals surface area contributed by atoms with Crippen molar-refractivity contribution in [2.75, 3.05) is 19.8 Å². The third kappa shape index (κ3) is 92.1. The van der Waals surface area contributed by atoms with Crippen LogP contribution in [0.1, 0.15) is 40.5 Å². The normalized spacial score (nSPS) is 7.19. The Morgan fingerprint density at radius 1 is 1.10 bits per heavy atom. The molecule has 0 rings (SSSR count). The molecule has 0 aliphatic heterocycles. The Labute approximate surface area is 125 Å². The van der Waals surface area contributed by atoms with Crippen LogP contribution in [0, 0.1) is 0 Å². The van der Waals surface area contributed by atoms with Gasteiger partial charge >= 0.3 is 11.9 Å². The number of aliphatic carboxylic acids is 2. The van der Waals surface area contributed by atoms with Gasteiger partial charge in [0.05, 0.1) is 0 Å². The minimum Gasteiger partial charge on any atom is -0.481 e. The van der Waals surface area contributed by atoms with E-state index in [9.17, 15) is 14.4 Å². The first-order chi connectivity index (χ1) is 9.45. The molecule has 0 aliphatic carbocycles. The second kappa shape index (κ2) is 36.2. The monoisotopic (exact) mass is 312 g/mol. The first-order valence-corrected chi connectivity index (χ1v) is 5.80. The molecule has 0 saturated carbocycles. The number of rotatable bonds is 7. The lowest BCUT2D eigenvalue weighted by Crippen LogP contribution is -1.98. The minimum atomic E-state index is -0.745. The molecule has 0 saturated heterocycles. The van der Waals surface area contributed by atoms with Crippen molar-refractivity contribution in [1.82, 2.24) is 0 Å². The highest BCUT2D eigenvalue weighted by Gasteiger charge is 1.82. The number of hydrogen-bond acceptors (Lipinski definition) is 6. The van der Waals surface area contributed by atoms with Gasteiger partial charge in [-0.1, -0.05) is 21.3 Å². The first-order valence-electron chi connectivity index (χ1n) is 5.80. The molecule has 0 bridgehead atoms. The van der Waals surface area contributed by atoms with Crippen LogP contribution in [0.3, 0.4) is 0 Å². The van der Waals surface area contributed by atoms with E-state index in [2.05, 4.69) is 0 Å². The number of carbonyl (C=O) groups is 4. The molecule has 0 atom stereocenters. The maximum atomic E-state index is 9.58. The van der Waals surface area contributed by atoms with Gasteiger partial charge in [0, 0.05) is 26.1 Å². The van der Waals surface area contributed by atoms with Crippen molar-refractivity contribution < 1.29 is 39.2 Å². The summed E-state index contributed by atoms with van der Waals surface area (Å²) in [5, 5.41) is 23.6. The molecule has 8 heteroatoms. The van der Waals surface area contributed by atoms with Crippen LogP contribution < -0.4 is 0 Å². The first kappa shape index (κ1) is 31.5. The second-order valence-corrected chi connectivity index (χ2v) is 2.81. The Morgan fingerprint density at radius 2 is 1.43 bits per heavy atom. The minimum absolute atomic E-state index is 0. The summed E-state index contributed by atoms with van der Waals surface area (Å²) in [5.41, 5.74) is 0. The number of hydrogen-bond donors (Lipinski definition) is 3. The van der Waals surface area contributed by atoms with Crippen LogP contribution in [0.5, 0.6) is 0 Å². The van der Waals surface area contributed by atoms with Crippen LogP contribution in [-0.2, 0) is 23.9 Å². The summed E-state index contributed by atoms with van der Waals surface area (Å²) in [6.45, 7) is 5.93. The summed E-state index contributed by atoms with van der Waals surface area (Å²) in [7, 11) is 0. The van der Waals surface area contributed by atoms with Crippen molar-refractivity contribution >= 4 is 25.0 Å². The number of carboxylic acid groups (broad SMARTS) is 2. The molecule has 0 radical (unpaired) electrons. The fourth-order valence-corrected chi connectivity index (χ4v) is 0.298. The van der Waals surface area contributed by atoms with Gasteiger partial charge in [0.1, 0.15) is 19.7 Å². The van der Waals surface area contributed by atoms with Gasteiger partial charge in [0.15, 0.2) is 0 Å². The topological polar surface area (TPSA) is 138 Å². The van der Waals surface area contributed by atoms with Gasteiger partial charge in [-0.25, -0.2) is 0 Å². The van der Waals surface area contributed by atoms with Gasteiger partial charge < -0.3 is 29.6 Å². The Bertz CT molecular complexity index is 204. The van der Waals surface area contributed by atoms with E-state index in [1.165, 1.54) is 0 Å². The molecule has 0 fully saturated rings. The SMILES string of the molecule is C.C=O.CCC(=O)O.CCC(=O)O.O=CCOCCCO. The van der Waals surface area contributed by atoms with Crippen molar-refractivity contribution in [2.45, 2.75) is 40.5 Å². The highest BCUT2D eigenvalue weighted by atomic mass is 16.5. The van der Waals surface area contributed by atoms with E-state index in [0.29, 0.717) is 19.3 Å². The summed E-state index contributed by atoms with van der Waals surface area (Å²) in [4.78, 5) is 36.3. The molecule has 0 amide bonds. The van der Waals surface area contributed by atoms with Crippen molar-refractivity contribution in [3.8, 4) is 0 Å². The van der Waals surface area contributed by atoms with Gasteiger partial charge in [-0.3, -0.25) is 9.59 Å². The van der Waals surface area contributed by atoms with E-state index in [1.54, 1.807) is 13.8 Å². The summed E-state index contributed by atoms with van der Waals surface area (Å²) >= 11 is 0. The van der Waals surface area contributed by atoms with Crippen LogP contribution >= 0.6 is 0 Å². The number of aliphatic hydroxyl groups excluding tert-OH is 1. The molecular formula is C13H28O8. The molecule has 0 aromatic carbocycles. The second-order valence-electron chi connectivity index (χ2n) is 2.81. The Hall–Kier alpha value is -1.80. The van der Waals surface area contributed by atoms with Gasteiger partial charge in [-0.2, -0.15) is 0 Å². The zero-order chi connectivity index (χ0) is 16.8. The molecule has 21 heavy (non-hydrogen) atoms. The molecule has 8 nitrogen and oxygen atoms in total. The van der Waals surface area contributed by atoms with Crippen LogP contribution in [-0.4, -0.2) is 60.2 Å². The summed E-state index contributed by atoms with van der Waals surface area (Å²) in [6.07, 6.45) is 1.74. The van der Waals surface area contributed by atoms with E-state index in [4.69, 9.17) is 24.9 Å². The predicted octanol–water partition coefficient (Wildman–Crippen LogP) is 0.998. The van der Waals surface area contributed by atoms with Crippen LogP contribution in [0.2, 0.25) is 0 Å². The Morgan fingerprint density at radius 3 is 1.62 bits per heavy atom. The van der Waals surface area contributed by atoms with Crippen LogP contribution in [0.25, 0.3) is 0 Å². The van der Waals surface area contributed by atoms with E-state index in [-0.39, 0.29) is 33.5 Å². The fourth-order valence-electron chi connectivity index (χ4n) is 0.298. The lowest BCUT2D eigenvalue weighted by molar-refractivity contribution is -0.137. The predicted molar refractivity (Wildman–Crippen MR) is 78.3 cm³/mol. The maximum absolute atomic E-state index is 9.58. The largest absolute Gasteiger partial charge is 0.481 e. The number of carboxylic acids is 2. The third-order valence-corrected chi connectivity index (χ3v) is 1.24. The Kier molecular flexibility index (Phi) is 54.3. The third-order valence-electron chi connectivity index (χ3n) is 1.24. The van der Waals surface area contributed by atoms with Gasteiger partial charge in [-0.15, -0.1) is 0 Å². The van der Waals surface area contributed by atoms with Crippen LogP contribution in [0.15, 0.2) is 0 Å². The number of aliphatic hydroxyl groups is 1.